The van der Waals surface area contributed by atoms with Gasteiger partial charge in [0.1, 0.15) is 4.87 Å². The first-order valence-electron chi connectivity index (χ1n) is 3.54. The Morgan fingerprint density at radius 1 is 1.55 bits per heavy atom. The van der Waals surface area contributed by atoms with Gasteiger partial charge in [-0.2, -0.15) is 0 Å². The van der Waals surface area contributed by atoms with E-state index < -0.39 is 10.8 Å². The van der Waals surface area contributed by atoms with Gasteiger partial charge in [0, 0.05) is 6.61 Å². The Balaban J connectivity index is 3.64. The quantitative estimate of drug-likeness (QED) is 0.494. The van der Waals surface area contributed by atoms with Crippen LogP contribution in [0.15, 0.2) is 0 Å². The second kappa shape index (κ2) is 4.57. The predicted octanol–water partition coefficient (Wildman–Crippen LogP) is 1.23. The molecule has 0 aromatic carbocycles. The summed E-state index contributed by atoms with van der Waals surface area (Å²) in [7, 11) is 0. The maximum atomic E-state index is 10.4. The maximum absolute atomic E-state index is 10.4. The third kappa shape index (κ3) is 4.22. The topological polar surface area (TPSA) is 57.5 Å². The fraction of sp³-hybridized carbons (Fsp3) is 0.857. The van der Waals surface area contributed by atoms with Gasteiger partial charge in [-0.3, -0.25) is 4.79 Å². The van der Waals surface area contributed by atoms with Gasteiger partial charge in [-0.05, 0) is 26.2 Å². The molecule has 0 saturated carbocycles. The SMILES string of the molecule is CC(Cl)(CCCCO)C(=O)O. The summed E-state index contributed by atoms with van der Waals surface area (Å²) < 4.78 is 0. The normalized spacial score (nSPS) is 15.9. The monoisotopic (exact) mass is 180 g/mol. The van der Waals surface area contributed by atoms with Crippen molar-refractivity contribution >= 4 is 17.6 Å². The van der Waals surface area contributed by atoms with E-state index >= 15 is 0 Å². The molecule has 0 rings (SSSR count). The Morgan fingerprint density at radius 3 is 2.45 bits per heavy atom. The Kier molecular flexibility index (Phi) is 4.45. The molecule has 0 aliphatic rings. The number of aliphatic hydroxyl groups excluding tert-OH is 1. The van der Waals surface area contributed by atoms with Crippen LogP contribution in [0.3, 0.4) is 0 Å². The van der Waals surface area contributed by atoms with Gasteiger partial charge in [-0.25, -0.2) is 0 Å². The molecule has 0 radical (unpaired) electrons. The highest BCUT2D eigenvalue weighted by atomic mass is 35.5. The van der Waals surface area contributed by atoms with Crippen LogP contribution in [0.1, 0.15) is 26.2 Å². The van der Waals surface area contributed by atoms with Crippen molar-refractivity contribution in [2.45, 2.75) is 31.1 Å². The number of carbonyl (C=O) groups is 1. The average molecular weight is 181 g/mol. The first kappa shape index (κ1) is 10.7. The van der Waals surface area contributed by atoms with Crippen molar-refractivity contribution in [3.8, 4) is 0 Å². The molecule has 0 bridgehead atoms. The molecule has 0 amide bonds. The van der Waals surface area contributed by atoms with Crippen LogP contribution in [-0.2, 0) is 4.79 Å². The Morgan fingerprint density at radius 2 is 2.09 bits per heavy atom. The summed E-state index contributed by atoms with van der Waals surface area (Å²) in [5.74, 6) is -1.00. The van der Waals surface area contributed by atoms with Crippen molar-refractivity contribution in [2.75, 3.05) is 6.61 Å². The summed E-state index contributed by atoms with van der Waals surface area (Å²) in [6.45, 7) is 1.56. The molecule has 0 aromatic rings. The van der Waals surface area contributed by atoms with Gasteiger partial charge in [0.25, 0.3) is 0 Å². The molecule has 3 nitrogen and oxygen atoms in total. The van der Waals surface area contributed by atoms with Crippen molar-refractivity contribution in [2.24, 2.45) is 0 Å². The minimum absolute atomic E-state index is 0.0899. The van der Waals surface area contributed by atoms with Crippen LogP contribution in [0.25, 0.3) is 0 Å². The van der Waals surface area contributed by atoms with Crippen LogP contribution in [0.2, 0.25) is 0 Å². The minimum atomic E-state index is -1.17. The van der Waals surface area contributed by atoms with Gasteiger partial charge in [0.15, 0.2) is 0 Å². The molecule has 0 aliphatic heterocycles. The highest BCUT2D eigenvalue weighted by molar-refractivity contribution is 6.33. The van der Waals surface area contributed by atoms with E-state index in [1.165, 1.54) is 6.92 Å². The third-order valence-electron chi connectivity index (χ3n) is 1.50. The van der Waals surface area contributed by atoms with Crippen LogP contribution in [-0.4, -0.2) is 27.7 Å². The summed E-state index contributed by atoms with van der Waals surface area (Å²) in [5.41, 5.74) is 0. The lowest BCUT2D eigenvalue weighted by molar-refractivity contribution is -0.139. The van der Waals surface area contributed by atoms with E-state index in [4.69, 9.17) is 21.8 Å². The Bertz CT molecular complexity index is 134. The van der Waals surface area contributed by atoms with E-state index in [-0.39, 0.29) is 6.61 Å². The van der Waals surface area contributed by atoms with Crippen molar-refractivity contribution in [3.05, 3.63) is 0 Å². The van der Waals surface area contributed by atoms with Crippen LogP contribution < -0.4 is 0 Å². The molecule has 1 unspecified atom stereocenters. The second-order valence-electron chi connectivity index (χ2n) is 2.68. The van der Waals surface area contributed by atoms with E-state index in [9.17, 15) is 4.79 Å². The van der Waals surface area contributed by atoms with Crippen LogP contribution in [0.4, 0.5) is 0 Å². The lowest BCUT2D eigenvalue weighted by Gasteiger charge is -2.15. The first-order valence-corrected chi connectivity index (χ1v) is 3.91. The number of aliphatic hydroxyl groups is 1. The van der Waals surface area contributed by atoms with E-state index in [1.54, 1.807) is 0 Å². The average Bonchev–Trinajstić information content (AvgIpc) is 1.88. The van der Waals surface area contributed by atoms with Crippen molar-refractivity contribution in [1.82, 2.24) is 0 Å². The lowest BCUT2D eigenvalue weighted by Crippen LogP contribution is -2.28. The second-order valence-corrected chi connectivity index (χ2v) is 3.52. The lowest BCUT2D eigenvalue weighted by atomic mass is 10.0. The van der Waals surface area contributed by atoms with Gasteiger partial charge >= 0.3 is 5.97 Å². The van der Waals surface area contributed by atoms with Crippen LogP contribution in [0.5, 0.6) is 0 Å². The molecule has 0 spiro atoms. The molecule has 1 atom stereocenters. The summed E-state index contributed by atoms with van der Waals surface area (Å²) in [6.07, 6.45) is 1.64. The fourth-order valence-electron chi connectivity index (χ4n) is 0.676. The van der Waals surface area contributed by atoms with Crippen molar-refractivity contribution in [1.29, 1.82) is 0 Å². The van der Waals surface area contributed by atoms with Gasteiger partial charge in [0.2, 0.25) is 0 Å². The fourth-order valence-corrected chi connectivity index (χ4v) is 0.809. The first-order chi connectivity index (χ1) is 5.00. The minimum Gasteiger partial charge on any atom is -0.480 e. The van der Waals surface area contributed by atoms with E-state index in [0.717, 1.165) is 0 Å². The number of carboxylic acid groups (broad SMARTS) is 1. The number of halogens is 1. The molecular weight excluding hydrogens is 168 g/mol. The molecule has 4 heteroatoms. The number of hydrogen-bond donors (Lipinski definition) is 2. The summed E-state index contributed by atoms with van der Waals surface area (Å²) in [6, 6.07) is 0. The standard InChI is InChI=1S/C7H13ClO3/c1-7(8,6(10)11)4-2-3-5-9/h9H,2-5H2,1H3,(H,10,11). The number of hydrogen-bond acceptors (Lipinski definition) is 2. The van der Waals surface area contributed by atoms with Crippen LogP contribution >= 0.6 is 11.6 Å². The Hall–Kier alpha value is -0.280. The van der Waals surface area contributed by atoms with Crippen molar-refractivity contribution in [3.63, 3.8) is 0 Å². The largest absolute Gasteiger partial charge is 0.480 e. The molecule has 0 heterocycles. The molecule has 0 saturated heterocycles. The maximum Gasteiger partial charge on any atom is 0.324 e. The number of unbranched alkanes of at least 4 members (excludes halogenated alkanes) is 1. The van der Waals surface area contributed by atoms with E-state index in [0.29, 0.717) is 19.3 Å². The zero-order valence-electron chi connectivity index (χ0n) is 6.51. The molecule has 11 heavy (non-hydrogen) atoms. The summed E-state index contributed by atoms with van der Waals surface area (Å²) >= 11 is 5.63. The number of carboxylic acids is 1. The summed E-state index contributed by atoms with van der Waals surface area (Å²) in [5, 5.41) is 17.0. The van der Waals surface area contributed by atoms with E-state index in [1.807, 2.05) is 0 Å². The smallest absolute Gasteiger partial charge is 0.324 e. The van der Waals surface area contributed by atoms with Gasteiger partial charge in [0.05, 0.1) is 0 Å². The molecule has 0 aromatic heterocycles. The molecule has 66 valence electrons. The molecule has 0 fully saturated rings. The summed E-state index contributed by atoms with van der Waals surface area (Å²) in [4.78, 5) is 9.25. The van der Waals surface area contributed by atoms with Gasteiger partial charge in [-0.1, -0.05) is 0 Å². The number of rotatable bonds is 5. The number of alkyl halides is 1. The molecule has 0 aliphatic carbocycles. The van der Waals surface area contributed by atoms with Gasteiger partial charge in [-0.15, -0.1) is 11.6 Å². The zero-order chi connectivity index (χ0) is 8.91. The highest BCUT2D eigenvalue weighted by Crippen LogP contribution is 2.21. The van der Waals surface area contributed by atoms with Crippen molar-refractivity contribution < 1.29 is 15.0 Å². The third-order valence-corrected chi connectivity index (χ3v) is 1.85. The molecule has 2 N–H and O–H groups in total. The predicted molar refractivity (Wildman–Crippen MR) is 42.8 cm³/mol. The van der Waals surface area contributed by atoms with Crippen LogP contribution in [0, 0.1) is 0 Å². The molecular formula is C7H13ClO3. The van der Waals surface area contributed by atoms with Gasteiger partial charge < -0.3 is 10.2 Å². The van der Waals surface area contributed by atoms with E-state index in [2.05, 4.69) is 0 Å². The number of aliphatic carboxylic acids is 1. The highest BCUT2D eigenvalue weighted by Gasteiger charge is 2.28. The Labute approximate surface area is 71.0 Å². The zero-order valence-corrected chi connectivity index (χ0v) is 7.26.